The molecule has 0 heterocycles. The molecule has 6 heteroatoms. The second kappa shape index (κ2) is 7.74. The van der Waals surface area contributed by atoms with Gasteiger partial charge in [-0.05, 0) is 35.4 Å². The Labute approximate surface area is 133 Å². The van der Waals surface area contributed by atoms with Gasteiger partial charge in [0.15, 0.2) is 0 Å². The van der Waals surface area contributed by atoms with Crippen LogP contribution in [0.15, 0.2) is 53.6 Å². The van der Waals surface area contributed by atoms with E-state index in [4.69, 9.17) is 0 Å². The molecule has 2 rings (SSSR count). The lowest BCUT2D eigenvalue weighted by Crippen LogP contribution is -2.19. The van der Waals surface area contributed by atoms with Crippen molar-refractivity contribution in [2.24, 2.45) is 5.10 Å². The van der Waals surface area contributed by atoms with Crippen molar-refractivity contribution < 1.29 is 19.4 Å². The number of carbonyl (C=O) groups excluding carboxylic acids is 2. The number of phenolic OH excluding ortho intramolecular Hbond substituents is 1. The van der Waals surface area contributed by atoms with Crippen LogP contribution >= 0.6 is 0 Å². The molecule has 6 nitrogen and oxygen atoms in total. The standard InChI is InChI=1S/C17H16N2O4/c1-23-17(22)14-6-2-13(3-7-14)11-18-19-16(21)10-12-4-8-15(20)9-5-12/h2-9,11,20H,10H2,1H3,(H,19,21). The average Bonchev–Trinajstić information content (AvgIpc) is 2.57. The Kier molecular flexibility index (Phi) is 5.46. The lowest BCUT2D eigenvalue weighted by atomic mass is 10.1. The summed E-state index contributed by atoms with van der Waals surface area (Å²) in [5, 5.41) is 13.0. The number of carbonyl (C=O) groups is 2. The highest BCUT2D eigenvalue weighted by molar-refractivity contribution is 5.90. The summed E-state index contributed by atoms with van der Waals surface area (Å²) >= 11 is 0. The minimum absolute atomic E-state index is 0.155. The van der Waals surface area contributed by atoms with Gasteiger partial charge >= 0.3 is 5.97 Å². The molecule has 0 unspecified atom stereocenters. The summed E-state index contributed by atoms with van der Waals surface area (Å²) in [6.45, 7) is 0. The quantitative estimate of drug-likeness (QED) is 0.501. The lowest BCUT2D eigenvalue weighted by molar-refractivity contribution is -0.120. The maximum atomic E-state index is 11.7. The predicted octanol–water partition coefficient (Wildman–Crippen LogP) is 1.87. The molecular weight excluding hydrogens is 296 g/mol. The summed E-state index contributed by atoms with van der Waals surface area (Å²) in [6.07, 6.45) is 1.65. The van der Waals surface area contributed by atoms with Gasteiger partial charge in [-0.2, -0.15) is 5.10 Å². The largest absolute Gasteiger partial charge is 0.508 e. The number of hydrogen-bond donors (Lipinski definition) is 2. The molecule has 118 valence electrons. The van der Waals surface area contributed by atoms with Crippen LogP contribution in [0.4, 0.5) is 0 Å². The number of hydrazone groups is 1. The average molecular weight is 312 g/mol. The highest BCUT2D eigenvalue weighted by atomic mass is 16.5. The van der Waals surface area contributed by atoms with Crippen molar-refractivity contribution in [3.63, 3.8) is 0 Å². The lowest BCUT2D eigenvalue weighted by Gasteiger charge is -2.01. The van der Waals surface area contributed by atoms with Gasteiger partial charge in [-0.25, -0.2) is 10.2 Å². The second-order valence-corrected chi connectivity index (χ2v) is 4.75. The van der Waals surface area contributed by atoms with Crippen LogP contribution in [0.1, 0.15) is 21.5 Å². The number of nitrogens with zero attached hydrogens (tertiary/aromatic N) is 1. The minimum Gasteiger partial charge on any atom is -0.508 e. The Bertz CT molecular complexity index is 706. The monoisotopic (exact) mass is 312 g/mol. The minimum atomic E-state index is -0.407. The highest BCUT2D eigenvalue weighted by Gasteiger charge is 2.04. The molecule has 2 N–H and O–H groups in total. The summed E-state index contributed by atoms with van der Waals surface area (Å²) in [6, 6.07) is 13.0. The molecule has 2 aromatic carbocycles. The third-order valence-corrected chi connectivity index (χ3v) is 3.04. The zero-order valence-corrected chi connectivity index (χ0v) is 12.5. The molecule has 0 aliphatic heterocycles. The number of methoxy groups -OCH3 is 1. The maximum Gasteiger partial charge on any atom is 0.337 e. The van der Waals surface area contributed by atoms with Crippen molar-refractivity contribution in [1.82, 2.24) is 5.43 Å². The Morgan fingerprint density at radius 1 is 1.13 bits per heavy atom. The molecular formula is C17H16N2O4. The number of amides is 1. The number of esters is 1. The van der Waals surface area contributed by atoms with Gasteiger partial charge in [0.05, 0.1) is 25.3 Å². The van der Waals surface area contributed by atoms with E-state index in [1.165, 1.54) is 25.5 Å². The molecule has 0 bridgehead atoms. The van der Waals surface area contributed by atoms with E-state index in [9.17, 15) is 14.7 Å². The van der Waals surface area contributed by atoms with Crippen LogP contribution in [0.2, 0.25) is 0 Å². The van der Waals surface area contributed by atoms with Gasteiger partial charge < -0.3 is 9.84 Å². The summed E-state index contributed by atoms with van der Waals surface area (Å²) < 4.78 is 4.61. The fourth-order valence-electron chi connectivity index (χ4n) is 1.84. The summed E-state index contributed by atoms with van der Waals surface area (Å²) in [5.74, 6) is -0.517. The molecule has 0 fully saturated rings. The Morgan fingerprint density at radius 2 is 1.78 bits per heavy atom. The molecule has 0 saturated carbocycles. The summed E-state index contributed by atoms with van der Waals surface area (Å²) in [4.78, 5) is 23.0. The van der Waals surface area contributed by atoms with Crippen LogP contribution in [0.25, 0.3) is 0 Å². The van der Waals surface area contributed by atoms with Gasteiger partial charge in [-0.15, -0.1) is 0 Å². The number of phenols is 1. The van der Waals surface area contributed by atoms with E-state index in [0.717, 1.165) is 11.1 Å². The number of benzene rings is 2. The van der Waals surface area contributed by atoms with Gasteiger partial charge in [0.1, 0.15) is 5.75 Å². The van der Waals surface area contributed by atoms with E-state index < -0.39 is 5.97 Å². The first-order valence-corrected chi connectivity index (χ1v) is 6.86. The normalized spacial score (nSPS) is 10.5. The van der Waals surface area contributed by atoms with Crippen molar-refractivity contribution in [2.45, 2.75) is 6.42 Å². The van der Waals surface area contributed by atoms with Gasteiger partial charge in [-0.1, -0.05) is 24.3 Å². The smallest absolute Gasteiger partial charge is 0.337 e. The Morgan fingerprint density at radius 3 is 2.39 bits per heavy atom. The molecule has 0 aliphatic rings. The van der Waals surface area contributed by atoms with E-state index in [2.05, 4.69) is 15.3 Å². The first-order valence-electron chi connectivity index (χ1n) is 6.86. The molecule has 0 atom stereocenters. The van der Waals surface area contributed by atoms with Crippen LogP contribution in [-0.4, -0.2) is 30.3 Å². The summed E-state index contributed by atoms with van der Waals surface area (Å²) in [5.41, 5.74) is 4.38. The van der Waals surface area contributed by atoms with E-state index in [1.807, 2.05) is 0 Å². The van der Waals surface area contributed by atoms with Crippen LogP contribution in [0.3, 0.4) is 0 Å². The van der Waals surface area contributed by atoms with Crippen LogP contribution < -0.4 is 5.43 Å². The number of aromatic hydroxyl groups is 1. The topological polar surface area (TPSA) is 88.0 Å². The Hall–Kier alpha value is -3.15. The molecule has 1 amide bonds. The number of hydrogen-bond acceptors (Lipinski definition) is 5. The van der Waals surface area contributed by atoms with Gasteiger partial charge in [0.2, 0.25) is 5.91 Å². The van der Waals surface area contributed by atoms with Crippen molar-refractivity contribution in [3.8, 4) is 5.75 Å². The van der Waals surface area contributed by atoms with E-state index in [-0.39, 0.29) is 18.1 Å². The Balaban J connectivity index is 1.87. The van der Waals surface area contributed by atoms with E-state index >= 15 is 0 Å². The predicted molar refractivity (Wildman–Crippen MR) is 85.3 cm³/mol. The summed E-state index contributed by atoms with van der Waals surface area (Å²) in [7, 11) is 1.32. The zero-order valence-electron chi connectivity index (χ0n) is 12.5. The van der Waals surface area contributed by atoms with E-state index in [1.54, 1.807) is 36.4 Å². The molecule has 0 aromatic heterocycles. The fraction of sp³-hybridized carbons (Fsp3) is 0.118. The molecule has 0 aliphatic carbocycles. The third kappa shape index (κ3) is 4.96. The van der Waals surface area contributed by atoms with E-state index in [0.29, 0.717) is 5.56 Å². The maximum absolute atomic E-state index is 11.7. The van der Waals surface area contributed by atoms with Gasteiger partial charge in [0.25, 0.3) is 0 Å². The first kappa shape index (κ1) is 16.2. The van der Waals surface area contributed by atoms with Crippen molar-refractivity contribution >= 4 is 18.1 Å². The zero-order chi connectivity index (χ0) is 16.7. The highest BCUT2D eigenvalue weighted by Crippen LogP contribution is 2.09. The van der Waals surface area contributed by atoms with Gasteiger partial charge in [-0.3, -0.25) is 4.79 Å². The number of ether oxygens (including phenoxy) is 1. The SMILES string of the molecule is COC(=O)c1ccc(C=NNC(=O)Cc2ccc(O)cc2)cc1. The molecule has 0 saturated heterocycles. The van der Waals surface area contributed by atoms with Gasteiger partial charge in [0, 0.05) is 0 Å². The molecule has 0 radical (unpaired) electrons. The van der Waals surface area contributed by atoms with Crippen LogP contribution in [-0.2, 0) is 16.0 Å². The molecule has 23 heavy (non-hydrogen) atoms. The molecule has 0 spiro atoms. The van der Waals surface area contributed by atoms with Crippen LogP contribution in [0.5, 0.6) is 5.75 Å². The van der Waals surface area contributed by atoms with Crippen molar-refractivity contribution in [3.05, 3.63) is 65.2 Å². The molecule has 2 aromatic rings. The number of rotatable bonds is 5. The van der Waals surface area contributed by atoms with Crippen LogP contribution in [0, 0.1) is 0 Å². The number of nitrogens with one attached hydrogen (secondary N) is 1. The third-order valence-electron chi connectivity index (χ3n) is 3.04. The fourth-order valence-corrected chi connectivity index (χ4v) is 1.84. The second-order valence-electron chi connectivity index (χ2n) is 4.75. The van der Waals surface area contributed by atoms with Crippen molar-refractivity contribution in [1.29, 1.82) is 0 Å². The first-order chi connectivity index (χ1) is 11.1. The van der Waals surface area contributed by atoms with Crippen molar-refractivity contribution in [2.75, 3.05) is 7.11 Å².